The van der Waals surface area contributed by atoms with Gasteiger partial charge in [-0.05, 0) is 20.8 Å². The Morgan fingerprint density at radius 2 is 1.88 bits per heavy atom. The van der Waals surface area contributed by atoms with Gasteiger partial charge in [0.2, 0.25) is 0 Å². The second-order valence-electron chi connectivity index (χ2n) is 2.64. The number of hydrogen-bond acceptors (Lipinski definition) is 2. The first-order valence-electron chi connectivity index (χ1n) is 2.63. The van der Waals surface area contributed by atoms with Crippen molar-refractivity contribution in [3.05, 3.63) is 0 Å². The Hall–Kier alpha value is -0.530. The molecule has 0 unspecified atom stereocenters. The molecule has 2 heteroatoms. The van der Waals surface area contributed by atoms with Crippen LogP contribution in [0.2, 0.25) is 0 Å². The van der Waals surface area contributed by atoms with Gasteiger partial charge in [0.15, 0.2) is 6.40 Å². The lowest BCUT2D eigenvalue weighted by Crippen LogP contribution is -2.09. The average Bonchev–Trinajstić information content (AvgIpc) is 1.59. The Bertz CT molecular complexity index is 81.0. The minimum Gasteiger partial charge on any atom is -0.487 e. The first-order valence-corrected chi connectivity index (χ1v) is 2.63. The van der Waals surface area contributed by atoms with Gasteiger partial charge in [-0.3, -0.25) is 4.99 Å². The smallest absolute Gasteiger partial charge is 0.169 e. The molecular weight excluding hydrogens is 102 g/mol. The van der Waals surface area contributed by atoms with Crippen molar-refractivity contribution in [2.45, 2.75) is 26.3 Å². The molecule has 0 fully saturated rings. The number of methoxy groups -OCH3 is 1. The fourth-order valence-corrected chi connectivity index (χ4v) is 0.211. The third-order valence-corrected chi connectivity index (χ3v) is 0.545. The Kier molecular flexibility index (Phi) is 2.52. The van der Waals surface area contributed by atoms with Crippen molar-refractivity contribution in [2.24, 2.45) is 4.99 Å². The molecule has 0 radical (unpaired) electrons. The molecule has 0 amide bonds. The van der Waals surface area contributed by atoms with E-state index in [1.165, 1.54) is 6.40 Å². The summed E-state index contributed by atoms with van der Waals surface area (Å²) in [5.41, 5.74) is -0.00396. The zero-order valence-electron chi connectivity index (χ0n) is 5.93. The minimum absolute atomic E-state index is 0.00396. The van der Waals surface area contributed by atoms with Gasteiger partial charge in [0.05, 0.1) is 12.6 Å². The summed E-state index contributed by atoms with van der Waals surface area (Å²) in [6.45, 7) is 6.05. The molecule has 0 saturated heterocycles. The monoisotopic (exact) mass is 115 g/mol. The largest absolute Gasteiger partial charge is 0.487 e. The molecule has 0 rings (SSSR count). The molecule has 0 aromatic rings. The fraction of sp³-hybridized carbons (Fsp3) is 0.833. The molecule has 0 aromatic heterocycles. The standard InChI is InChI=1S/C6H13NO/c1-6(2,3)7-5-8-4/h5H,1-4H3/b7-5+. The lowest BCUT2D eigenvalue weighted by molar-refractivity contribution is 0.411. The van der Waals surface area contributed by atoms with Gasteiger partial charge in [-0.2, -0.15) is 0 Å². The van der Waals surface area contributed by atoms with Crippen LogP contribution in [0.4, 0.5) is 0 Å². The quantitative estimate of drug-likeness (QED) is 0.374. The van der Waals surface area contributed by atoms with Crippen LogP contribution in [-0.2, 0) is 4.74 Å². The van der Waals surface area contributed by atoms with Crippen molar-refractivity contribution < 1.29 is 4.74 Å². The Balaban J connectivity index is 3.52. The Morgan fingerprint density at radius 3 is 2.00 bits per heavy atom. The molecule has 0 saturated carbocycles. The van der Waals surface area contributed by atoms with Crippen LogP contribution in [0.15, 0.2) is 4.99 Å². The van der Waals surface area contributed by atoms with E-state index in [9.17, 15) is 0 Å². The Morgan fingerprint density at radius 1 is 1.38 bits per heavy atom. The first kappa shape index (κ1) is 7.47. The highest BCUT2D eigenvalue weighted by molar-refractivity contribution is 5.46. The van der Waals surface area contributed by atoms with Crippen molar-refractivity contribution in [1.29, 1.82) is 0 Å². The van der Waals surface area contributed by atoms with Gasteiger partial charge < -0.3 is 4.74 Å². The molecule has 48 valence electrons. The fourth-order valence-electron chi connectivity index (χ4n) is 0.211. The molecule has 0 spiro atoms. The number of ether oxygens (including phenoxy) is 1. The summed E-state index contributed by atoms with van der Waals surface area (Å²) in [6.07, 6.45) is 1.46. The van der Waals surface area contributed by atoms with Crippen molar-refractivity contribution in [2.75, 3.05) is 7.11 Å². The molecular formula is C6H13NO. The van der Waals surface area contributed by atoms with E-state index in [1.54, 1.807) is 7.11 Å². The van der Waals surface area contributed by atoms with E-state index in [0.29, 0.717) is 0 Å². The summed E-state index contributed by atoms with van der Waals surface area (Å²) in [5.74, 6) is 0. The van der Waals surface area contributed by atoms with Gasteiger partial charge in [0.25, 0.3) is 0 Å². The minimum atomic E-state index is -0.00396. The van der Waals surface area contributed by atoms with Crippen LogP contribution in [0.3, 0.4) is 0 Å². The predicted molar refractivity (Wildman–Crippen MR) is 35.3 cm³/mol. The SMILES string of the molecule is CO/C=N/C(C)(C)C. The van der Waals surface area contributed by atoms with Crippen molar-refractivity contribution in [1.82, 2.24) is 0 Å². The van der Waals surface area contributed by atoms with Gasteiger partial charge in [0.1, 0.15) is 0 Å². The van der Waals surface area contributed by atoms with Gasteiger partial charge in [-0.15, -0.1) is 0 Å². The predicted octanol–water partition coefficient (Wildman–Crippen LogP) is 1.46. The maximum Gasteiger partial charge on any atom is 0.169 e. The van der Waals surface area contributed by atoms with Gasteiger partial charge in [-0.25, -0.2) is 0 Å². The summed E-state index contributed by atoms with van der Waals surface area (Å²) in [4.78, 5) is 4.03. The van der Waals surface area contributed by atoms with Crippen LogP contribution in [0.1, 0.15) is 20.8 Å². The highest BCUT2D eigenvalue weighted by Gasteiger charge is 2.03. The van der Waals surface area contributed by atoms with Gasteiger partial charge in [-0.1, -0.05) is 0 Å². The summed E-state index contributed by atoms with van der Waals surface area (Å²) in [5, 5.41) is 0. The third-order valence-electron chi connectivity index (χ3n) is 0.545. The van der Waals surface area contributed by atoms with E-state index < -0.39 is 0 Å². The molecule has 0 aromatic carbocycles. The topological polar surface area (TPSA) is 21.6 Å². The lowest BCUT2D eigenvalue weighted by atomic mass is 10.1. The number of aliphatic imine (C=N–C) groups is 1. The Labute approximate surface area is 50.6 Å². The molecule has 0 aliphatic carbocycles. The van der Waals surface area contributed by atoms with Crippen LogP contribution in [0, 0.1) is 0 Å². The number of hydrogen-bond donors (Lipinski definition) is 0. The molecule has 2 nitrogen and oxygen atoms in total. The van der Waals surface area contributed by atoms with E-state index in [0.717, 1.165) is 0 Å². The van der Waals surface area contributed by atoms with E-state index in [2.05, 4.69) is 9.73 Å². The van der Waals surface area contributed by atoms with Crippen LogP contribution < -0.4 is 0 Å². The van der Waals surface area contributed by atoms with Crippen LogP contribution in [0.5, 0.6) is 0 Å². The van der Waals surface area contributed by atoms with Crippen LogP contribution in [-0.4, -0.2) is 19.0 Å². The molecule has 0 N–H and O–H groups in total. The molecule has 0 aliphatic heterocycles. The van der Waals surface area contributed by atoms with Gasteiger partial charge >= 0.3 is 0 Å². The van der Waals surface area contributed by atoms with Gasteiger partial charge in [0, 0.05) is 0 Å². The highest BCUT2D eigenvalue weighted by Crippen LogP contribution is 2.03. The summed E-state index contributed by atoms with van der Waals surface area (Å²) < 4.78 is 4.63. The molecule has 0 atom stereocenters. The zero-order valence-corrected chi connectivity index (χ0v) is 5.93. The molecule has 0 bridgehead atoms. The average molecular weight is 115 g/mol. The van der Waals surface area contributed by atoms with Crippen molar-refractivity contribution in [3.8, 4) is 0 Å². The zero-order chi connectivity index (χ0) is 6.62. The summed E-state index contributed by atoms with van der Waals surface area (Å²) >= 11 is 0. The number of nitrogens with zero attached hydrogens (tertiary/aromatic N) is 1. The van der Waals surface area contributed by atoms with Crippen molar-refractivity contribution >= 4 is 6.40 Å². The maximum atomic E-state index is 4.63. The number of rotatable bonds is 1. The van der Waals surface area contributed by atoms with Crippen LogP contribution in [0.25, 0.3) is 0 Å². The van der Waals surface area contributed by atoms with Crippen LogP contribution >= 0.6 is 0 Å². The van der Waals surface area contributed by atoms with E-state index in [4.69, 9.17) is 0 Å². The molecule has 8 heavy (non-hydrogen) atoms. The normalized spacial score (nSPS) is 12.5. The third kappa shape index (κ3) is 5.47. The van der Waals surface area contributed by atoms with E-state index >= 15 is 0 Å². The first-order chi connectivity index (χ1) is 3.56. The highest BCUT2D eigenvalue weighted by atomic mass is 16.5. The van der Waals surface area contributed by atoms with E-state index in [-0.39, 0.29) is 5.54 Å². The summed E-state index contributed by atoms with van der Waals surface area (Å²) in [6, 6.07) is 0. The van der Waals surface area contributed by atoms with E-state index in [1.807, 2.05) is 20.8 Å². The lowest BCUT2D eigenvalue weighted by Gasteiger charge is -2.09. The molecule has 0 aliphatic rings. The molecule has 0 heterocycles. The van der Waals surface area contributed by atoms with Crippen molar-refractivity contribution in [3.63, 3.8) is 0 Å². The maximum absolute atomic E-state index is 4.63. The second kappa shape index (κ2) is 2.70. The second-order valence-corrected chi connectivity index (χ2v) is 2.64. The summed E-state index contributed by atoms with van der Waals surface area (Å²) in [7, 11) is 1.59.